The van der Waals surface area contributed by atoms with Crippen LogP contribution < -0.4 is 4.90 Å². The number of aliphatic carboxylic acids is 1. The fourth-order valence-electron chi connectivity index (χ4n) is 5.71. The first-order valence-corrected chi connectivity index (χ1v) is 13.8. The first-order chi connectivity index (χ1) is 17.1. The van der Waals surface area contributed by atoms with Crippen LogP contribution >= 0.6 is 11.8 Å². The largest absolute Gasteiger partial charge is 0.481 e. The van der Waals surface area contributed by atoms with Gasteiger partial charge in [-0.3, -0.25) is 14.6 Å². The van der Waals surface area contributed by atoms with E-state index in [2.05, 4.69) is 16.0 Å². The van der Waals surface area contributed by atoms with Gasteiger partial charge in [0.1, 0.15) is 10.8 Å². The average Bonchev–Trinajstić information content (AvgIpc) is 3.57. The van der Waals surface area contributed by atoms with Gasteiger partial charge in [-0.15, -0.1) is 11.8 Å². The molecule has 2 aliphatic heterocycles. The van der Waals surface area contributed by atoms with Gasteiger partial charge in [0.25, 0.3) is 5.91 Å². The van der Waals surface area contributed by atoms with Crippen LogP contribution in [0.4, 0.5) is 5.82 Å². The van der Waals surface area contributed by atoms with E-state index >= 15 is 0 Å². The molecule has 0 bridgehead atoms. The zero-order valence-electron chi connectivity index (χ0n) is 20.1. The predicted octanol–water partition coefficient (Wildman–Crippen LogP) is 4.83. The Labute approximate surface area is 211 Å². The van der Waals surface area contributed by atoms with Crippen molar-refractivity contribution < 1.29 is 14.7 Å². The van der Waals surface area contributed by atoms with Crippen LogP contribution in [0.25, 0.3) is 0 Å². The van der Waals surface area contributed by atoms with E-state index in [-0.39, 0.29) is 18.2 Å². The normalized spacial score (nSPS) is 23.1. The molecule has 3 aliphatic rings. The van der Waals surface area contributed by atoms with Crippen LogP contribution in [0.15, 0.2) is 41.7 Å². The number of carboxylic acid groups (broad SMARTS) is 1. The minimum absolute atomic E-state index is 0.0679. The number of thioether (sulfide) groups is 1. The number of nitrogens with zero attached hydrogens (tertiary/aromatic N) is 4. The van der Waals surface area contributed by atoms with Gasteiger partial charge in [-0.2, -0.15) is 0 Å². The zero-order chi connectivity index (χ0) is 24.2. The Kier molecular flexibility index (Phi) is 7.56. The highest BCUT2D eigenvalue weighted by atomic mass is 32.2. The Hall–Kier alpha value is -2.61. The van der Waals surface area contributed by atoms with Crippen molar-refractivity contribution in [2.45, 2.75) is 67.6 Å². The Bertz CT molecular complexity index is 1040. The molecule has 186 valence electrons. The summed E-state index contributed by atoms with van der Waals surface area (Å²) < 4.78 is 0. The Balaban J connectivity index is 1.35. The first-order valence-electron chi connectivity index (χ1n) is 12.9. The summed E-state index contributed by atoms with van der Waals surface area (Å²) in [6.07, 6.45) is 11.6. The number of amides is 1. The van der Waals surface area contributed by atoms with Gasteiger partial charge in [0.15, 0.2) is 0 Å². The molecule has 2 atom stereocenters. The lowest BCUT2D eigenvalue weighted by molar-refractivity contribution is -0.138. The number of rotatable bonds is 7. The van der Waals surface area contributed by atoms with Gasteiger partial charge >= 0.3 is 5.97 Å². The molecule has 1 saturated carbocycles. The fourth-order valence-corrected chi connectivity index (χ4v) is 7.03. The van der Waals surface area contributed by atoms with Gasteiger partial charge in [-0.25, -0.2) is 4.98 Å². The third-order valence-corrected chi connectivity index (χ3v) is 8.93. The number of carbonyl (C=O) groups is 2. The minimum Gasteiger partial charge on any atom is -0.481 e. The lowest BCUT2D eigenvalue weighted by Crippen LogP contribution is -2.37. The van der Waals surface area contributed by atoms with Crippen molar-refractivity contribution in [1.29, 1.82) is 0 Å². The third-order valence-electron chi connectivity index (χ3n) is 7.59. The molecule has 1 unspecified atom stereocenters. The summed E-state index contributed by atoms with van der Waals surface area (Å²) in [6.45, 7) is 3.04. The maximum atomic E-state index is 13.7. The molecule has 1 amide bonds. The number of hydrogen-bond acceptors (Lipinski definition) is 6. The van der Waals surface area contributed by atoms with Crippen LogP contribution in [0, 0.1) is 5.92 Å². The van der Waals surface area contributed by atoms with E-state index in [0.29, 0.717) is 29.8 Å². The molecule has 0 spiro atoms. The molecule has 5 rings (SSSR count). The van der Waals surface area contributed by atoms with Crippen LogP contribution in [0.5, 0.6) is 0 Å². The molecule has 7 nitrogen and oxygen atoms in total. The molecular formula is C27H34N4O3S. The Morgan fingerprint density at radius 2 is 1.89 bits per heavy atom. The average molecular weight is 495 g/mol. The lowest BCUT2D eigenvalue weighted by Gasteiger charge is -2.33. The molecule has 2 saturated heterocycles. The summed E-state index contributed by atoms with van der Waals surface area (Å²) in [5.74, 6) is 0.665. The molecule has 35 heavy (non-hydrogen) atoms. The third kappa shape index (κ3) is 5.80. The number of aromatic nitrogens is 2. The summed E-state index contributed by atoms with van der Waals surface area (Å²) in [4.78, 5) is 38.3. The van der Waals surface area contributed by atoms with Gasteiger partial charge < -0.3 is 14.9 Å². The summed E-state index contributed by atoms with van der Waals surface area (Å²) in [5, 5.41) is 10.6. The number of likely N-dealkylation sites (tertiary alicyclic amines) is 1. The van der Waals surface area contributed by atoms with E-state index in [1.807, 2.05) is 29.3 Å². The van der Waals surface area contributed by atoms with Crippen molar-refractivity contribution in [3.05, 3.63) is 47.8 Å². The second-order valence-electron chi connectivity index (χ2n) is 10.1. The highest BCUT2D eigenvalue weighted by Crippen LogP contribution is 2.38. The second kappa shape index (κ2) is 11.0. The maximum Gasteiger partial charge on any atom is 0.303 e. The van der Waals surface area contributed by atoms with Gasteiger partial charge in [-0.1, -0.05) is 18.9 Å². The van der Waals surface area contributed by atoms with E-state index in [4.69, 9.17) is 4.98 Å². The van der Waals surface area contributed by atoms with Crippen LogP contribution in [0.2, 0.25) is 0 Å². The smallest absolute Gasteiger partial charge is 0.303 e. The van der Waals surface area contributed by atoms with Crippen molar-refractivity contribution in [3.8, 4) is 0 Å². The SMILES string of the molecule is O=C(O)C[C@@H]1CCCN(c2ccc(C(=O)N3CCC(c4cccnc4)C3)c(SC3CCCC3)n2)C1. The van der Waals surface area contributed by atoms with Crippen LogP contribution in [0.1, 0.15) is 73.2 Å². The number of pyridine rings is 2. The lowest BCUT2D eigenvalue weighted by atomic mass is 9.95. The fraction of sp³-hybridized carbons (Fsp3) is 0.556. The molecule has 4 heterocycles. The second-order valence-corrected chi connectivity index (χ2v) is 11.4. The highest BCUT2D eigenvalue weighted by molar-refractivity contribution is 7.99. The number of hydrogen-bond donors (Lipinski definition) is 1. The summed E-state index contributed by atoms with van der Waals surface area (Å²) in [6, 6.07) is 7.98. The summed E-state index contributed by atoms with van der Waals surface area (Å²) in [5.41, 5.74) is 1.90. The van der Waals surface area contributed by atoms with E-state index in [9.17, 15) is 14.7 Å². The number of anilines is 1. The quantitative estimate of drug-likeness (QED) is 0.590. The first kappa shape index (κ1) is 24.1. The molecule has 2 aromatic rings. The van der Waals surface area contributed by atoms with Gasteiger partial charge in [-0.05, 0) is 61.8 Å². The molecule has 8 heteroatoms. The molecule has 1 N–H and O–H groups in total. The highest BCUT2D eigenvalue weighted by Gasteiger charge is 2.31. The van der Waals surface area contributed by atoms with E-state index < -0.39 is 5.97 Å². The molecular weight excluding hydrogens is 460 g/mol. The number of carboxylic acids is 1. The van der Waals surface area contributed by atoms with Crippen molar-refractivity contribution in [2.24, 2.45) is 5.92 Å². The molecule has 2 aromatic heterocycles. The number of carbonyl (C=O) groups excluding carboxylic acids is 1. The van der Waals surface area contributed by atoms with Crippen molar-refractivity contribution >= 4 is 29.5 Å². The molecule has 0 aromatic carbocycles. The maximum absolute atomic E-state index is 13.7. The van der Waals surface area contributed by atoms with E-state index in [1.165, 1.54) is 31.2 Å². The molecule has 0 radical (unpaired) electrons. The van der Waals surface area contributed by atoms with Gasteiger partial charge in [0, 0.05) is 56.2 Å². The van der Waals surface area contributed by atoms with E-state index in [1.54, 1.807) is 18.0 Å². The van der Waals surface area contributed by atoms with Crippen molar-refractivity contribution in [1.82, 2.24) is 14.9 Å². The van der Waals surface area contributed by atoms with Crippen LogP contribution in [-0.4, -0.2) is 63.3 Å². The standard InChI is InChI=1S/C27H34N4O3S/c32-25(33)15-19-5-4-13-30(17-19)24-10-9-23(26(29-24)35-22-7-1-2-8-22)27(34)31-14-11-21(18-31)20-6-3-12-28-16-20/h3,6,9-10,12,16,19,21-22H,1-2,4-5,7-8,11,13-15,17-18H2,(H,32,33)/t19-,21?/m0/s1. The molecule has 3 fully saturated rings. The van der Waals surface area contributed by atoms with Gasteiger partial charge in [0.05, 0.1) is 5.56 Å². The molecule has 1 aliphatic carbocycles. The number of piperidine rings is 1. The summed E-state index contributed by atoms with van der Waals surface area (Å²) >= 11 is 1.76. The van der Waals surface area contributed by atoms with Crippen LogP contribution in [-0.2, 0) is 4.79 Å². The predicted molar refractivity (Wildman–Crippen MR) is 137 cm³/mol. The monoisotopic (exact) mass is 494 g/mol. The van der Waals surface area contributed by atoms with Crippen molar-refractivity contribution in [2.75, 3.05) is 31.1 Å². The van der Waals surface area contributed by atoms with Crippen molar-refractivity contribution in [3.63, 3.8) is 0 Å². The summed E-state index contributed by atoms with van der Waals surface area (Å²) in [7, 11) is 0. The minimum atomic E-state index is -0.738. The Morgan fingerprint density at radius 3 is 2.66 bits per heavy atom. The van der Waals surface area contributed by atoms with Crippen LogP contribution in [0.3, 0.4) is 0 Å². The zero-order valence-corrected chi connectivity index (χ0v) is 21.0. The van der Waals surface area contributed by atoms with Gasteiger partial charge in [0.2, 0.25) is 0 Å². The van der Waals surface area contributed by atoms with E-state index in [0.717, 1.165) is 43.2 Å². The Morgan fingerprint density at radius 1 is 1.03 bits per heavy atom. The topological polar surface area (TPSA) is 86.6 Å².